The third kappa shape index (κ3) is 3.78. The second kappa shape index (κ2) is 6.17. The molecule has 0 amide bonds. The lowest BCUT2D eigenvalue weighted by molar-refractivity contribution is 0.0697. The summed E-state index contributed by atoms with van der Waals surface area (Å²) in [6.07, 6.45) is 0. The van der Waals surface area contributed by atoms with E-state index in [0.29, 0.717) is 17.5 Å². The highest BCUT2D eigenvalue weighted by molar-refractivity contribution is 5.87. The lowest BCUT2D eigenvalue weighted by Crippen LogP contribution is -2.52. The van der Waals surface area contributed by atoms with Gasteiger partial charge in [-0.05, 0) is 23.6 Å². The Bertz CT molecular complexity index is 428. The van der Waals surface area contributed by atoms with Crippen molar-refractivity contribution in [2.75, 3.05) is 19.6 Å². The van der Waals surface area contributed by atoms with E-state index in [1.807, 2.05) is 12.1 Å². The number of rotatable bonds is 4. The Hall–Kier alpha value is -1.39. The second-order valence-corrected chi connectivity index (χ2v) is 5.54. The van der Waals surface area contributed by atoms with Gasteiger partial charge in [0.1, 0.15) is 0 Å². The fourth-order valence-corrected chi connectivity index (χ4v) is 2.44. The molecule has 1 aromatic carbocycles. The zero-order valence-electron chi connectivity index (χ0n) is 11.6. The lowest BCUT2D eigenvalue weighted by atomic mass is 10.0. The molecule has 1 heterocycles. The standard InChI is InChI=1S/C15H22N2O2/c1-11(2)14-10-17(8-7-16-14)9-12-3-5-13(6-4-12)15(18)19/h3-6,11,14,16H,7-10H2,1-2H3,(H,18,19). The molecule has 0 saturated carbocycles. The highest BCUT2D eigenvalue weighted by Gasteiger charge is 2.21. The molecule has 4 nitrogen and oxygen atoms in total. The molecule has 0 bridgehead atoms. The van der Waals surface area contributed by atoms with Gasteiger partial charge in [-0.1, -0.05) is 26.0 Å². The minimum atomic E-state index is -0.867. The summed E-state index contributed by atoms with van der Waals surface area (Å²) in [4.78, 5) is 13.2. The number of piperazine rings is 1. The lowest BCUT2D eigenvalue weighted by Gasteiger charge is -2.35. The van der Waals surface area contributed by atoms with Gasteiger partial charge in [0.2, 0.25) is 0 Å². The number of hydrogen-bond donors (Lipinski definition) is 2. The summed E-state index contributed by atoms with van der Waals surface area (Å²) < 4.78 is 0. The summed E-state index contributed by atoms with van der Waals surface area (Å²) in [7, 11) is 0. The molecule has 1 aromatic rings. The molecule has 1 unspecified atom stereocenters. The van der Waals surface area contributed by atoms with Crippen LogP contribution in [0.15, 0.2) is 24.3 Å². The summed E-state index contributed by atoms with van der Waals surface area (Å²) in [5, 5.41) is 12.4. The molecule has 0 aromatic heterocycles. The highest BCUT2D eigenvalue weighted by Crippen LogP contribution is 2.12. The van der Waals surface area contributed by atoms with Crippen LogP contribution >= 0.6 is 0 Å². The maximum Gasteiger partial charge on any atom is 0.335 e. The van der Waals surface area contributed by atoms with Gasteiger partial charge in [0.25, 0.3) is 0 Å². The molecule has 0 aliphatic carbocycles. The number of nitrogens with one attached hydrogen (secondary N) is 1. The Labute approximate surface area is 114 Å². The number of carboxylic acids is 1. The van der Waals surface area contributed by atoms with Crippen molar-refractivity contribution in [3.63, 3.8) is 0 Å². The monoisotopic (exact) mass is 262 g/mol. The zero-order valence-corrected chi connectivity index (χ0v) is 11.6. The number of nitrogens with zero attached hydrogens (tertiary/aromatic N) is 1. The Balaban J connectivity index is 1.95. The van der Waals surface area contributed by atoms with Crippen LogP contribution in [-0.4, -0.2) is 41.7 Å². The molecule has 4 heteroatoms. The van der Waals surface area contributed by atoms with Crippen molar-refractivity contribution >= 4 is 5.97 Å². The van der Waals surface area contributed by atoms with Gasteiger partial charge < -0.3 is 10.4 Å². The first kappa shape index (κ1) is 14.0. The van der Waals surface area contributed by atoms with E-state index in [2.05, 4.69) is 24.1 Å². The second-order valence-electron chi connectivity index (χ2n) is 5.54. The van der Waals surface area contributed by atoms with E-state index in [0.717, 1.165) is 26.2 Å². The molecule has 104 valence electrons. The van der Waals surface area contributed by atoms with Gasteiger partial charge in [0.05, 0.1) is 5.56 Å². The van der Waals surface area contributed by atoms with Crippen LogP contribution in [0.4, 0.5) is 0 Å². The Morgan fingerprint density at radius 3 is 2.68 bits per heavy atom. The molecule has 1 fully saturated rings. The van der Waals surface area contributed by atoms with Crippen molar-refractivity contribution < 1.29 is 9.90 Å². The van der Waals surface area contributed by atoms with Gasteiger partial charge in [-0.25, -0.2) is 4.79 Å². The highest BCUT2D eigenvalue weighted by atomic mass is 16.4. The fourth-order valence-electron chi connectivity index (χ4n) is 2.44. The third-order valence-electron chi connectivity index (χ3n) is 3.70. The summed E-state index contributed by atoms with van der Waals surface area (Å²) in [5.74, 6) is -0.231. The number of carbonyl (C=O) groups is 1. The van der Waals surface area contributed by atoms with E-state index >= 15 is 0 Å². The summed E-state index contributed by atoms with van der Waals surface area (Å²) in [5.41, 5.74) is 1.53. The predicted molar refractivity (Wildman–Crippen MR) is 75.3 cm³/mol. The van der Waals surface area contributed by atoms with Gasteiger partial charge in [0, 0.05) is 32.2 Å². The van der Waals surface area contributed by atoms with Crippen molar-refractivity contribution in [2.45, 2.75) is 26.4 Å². The molecule has 2 rings (SSSR count). The first-order valence-corrected chi connectivity index (χ1v) is 6.84. The molecule has 2 N–H and O–H groups in total. The normalized spacial score (nSPS) is 20.7. The van der Waals surface area contributed by atoms with Crippen LogP contribution in [0.25, 0.3) is 0 Å². The van der Waals surface area contributed by atoms with E-state index in [-0.39, 0.29) is 0 Å². The van der Waals surface area contributed by atoms with Gasteiger partial charge in [-0.15, -0.1) is 0 Å². The quantitative estimate of drug-likeness (QED) is 0.869. The molecule has 0 spiro atoms. The van der Waals surface area contributed by atoms with Crippen molar-refractivity contribution in [3.8, 4) is 0 Å². The number of carboxylic acid groups (broad SMARTS) is 1. The summed E-state index contributed by atoms with van der Waals surface area (Å²) in [6, 6.07) is 7.73. The molecule has 19 heavy (non-hydrogen) atoms. The van der Waals surface area contributed by atoms with Crippen LogP contribution in [0.5, 0.6) is 0 Å². The minimum absolute atomic E-state index is 0.351. The summed E-state index contributed by atoms with van der Waals surface area (Å²) >= 11 is 0. The average molecular weight is 262 g/mol. The van der Waals surface area contributed by atoms with Gasteiger partial charge in [-0.2, -0.15) is 0 Å². The van der Waals surface area contributed by atoms with Crippen molar-refractivity contribution in [1.82, 2.24) is 10.2 Å². The van der Waals surface area contributed by atoms with Crippen LogP contribution in [0.2, 0.25) is 0 Å². The number of hydrogen-bond acceptors (Lipinski definition) is 3. The van der Waals surface area contributed by atoms with Crippen LogP contribution in [0.3, 0.4) is 0 Å². The van der Waals surface area contributed by atoms with E-state index in [9.17, 15) is 4.79 Å². The van der Waals surface area contributed by atoms with E-state index in [1.54, 1.807) is 12.1 Å². The van der Waals surface area contributed by atoms with Crippen molar-refractivity contribution in [1.29, 1.82) is 0 Å². The molecule has 1 aliphatic heterocycles. The first-order valence-electron chi connectivity index (χ1n) is 6.84. The van der Waals surface area contributed by atoms with Crippen molar-refractivity contribution in [2.24, 2.45) is 5.92 Å². The molecule has 1 atom stereocenters. The molecular weight excluding hydrogens is 240 g/mol. The molecule has 1 saturated heterocycles. The van der Waals surface area contributed by atoms with Gasteiger partial charge in [-0.3, -0.25) is 4.90 Å². The maximum atomic E-state index is 10.8. The Morgan fingerprint density at radius 1 is 1.42 bits per heavy atom. The van der Waals surface area contributed by atoms with E-state index in [1.165, 1.54) is 5.56 Å². The van der Waals surface area contributed by atoms with Crippen molar-refractivity contribution in [3.05, 3.63) is 35.4 Å². The SMILES string of the molecule is CC(C)C1CN(Cc2ccc(C(=O)O)cc2)CCN1. The van der Waals surface area contributed by atoms with Crippen LogP contribution in [-0.2, 0) is 6.54 Å². The molecular formula is C15H22N2O2. The fraction of sp³-hybridized carbons (Fsp3) is 0.533. The largest absolute Gasteiger partial charge is 0.478 e. The van der Waals surface area contributed by atoms with E-state index < -0.39 is 5.97 Å². The zero-order chi connectivity index (χ0) is 13.8. The Morgan fingerprint density at radius 2 is 2.11 bits per heavy atom. The van der Waals surface area contributed by atoms with E-state index in [4.69, 9.17) is 5.11 Å². The smallest absolute Gasteiger partial charge is 0.335 e. The average Bonchev–Trinajstić information content (AvgIpc) is 2.39. The van der Waals surface area contributed by atoms with Crippen LogP contribution in [0, 0.1) is 5.92 Å². The molecule has 1 aliphatic rings. The van der Waals surface area contributed by atoms with Crippen LogP contribution < -0.4 is 5.32 Å². The third-order valence-corrected chi connectivity index (χ3v) is 3.70. The van der Waals surface area contributed by atoms with Gasteiger partial charge in [0.15, 0.2) is 0 Å². The predicted octanol–water partition coefficient (Wildman–Crippen LogP) is 1.81. The first-order chi connectivity index (χ1) is 9.06. The molecule has 0 radical (unpaired) electrons. The summed E-state index contributed by atoms with van der Waals surface area (Å²) in [6.45, 7) is 8.49. The number of benzene rings is 1. The minimum Gasteiger partial charge on any atom is -0.478 e. The number of aromatic carboxylic acids is 1. The van der Waals surface area contributed by atoms with Crippen LogP contribution in [0.1, 0.15) is 29.8 Å². The van der Waals surface area contributed by atoms with Gasteiger partial charge >= 0.3 is 5.97 Å². The Kier molecular flexibility index (Phi) is 4.56. The maximum absolute atomic E-state index is 10.8. The topological polar surface area (TPSA) is 52.6 Å².